The summed E-state index contributed by atoms with van der Waals surface area (Å²) in [6.07, 6.45) is 0.0288. The number of carbonyl (C=O) groups is 2. The standard InChI is InChI=1S/C20H19FN4O3S/c1-12(13-8-9-16(28-2)15(21)10-13)23-24-20(22)29-17-11-18(26)25(19(17)27)14-6-4-3-5-7-14/h3-10,17H,11H2,1-2H3,(H2,22,24)/b23-12-/t17-/m0/s1. The third kappa shape index (κ3) is 4.62. The third-order valence-electron chi connectivity index (χ3n) is 4.25. The van der Waals surface area contributed by atoms with Crippen molar-refractivity contribution in [2.45, 2.75) is 18.6 Å². The average Bonchev–Trinajstić information content (AvgIpc) is 2.99. The zero-order valence-electron chi connectivity index (χ0n) is 15.8. The lowest BCUT2D eigenvalue weighted by atomic mass is 10.1. The number of halogens is 1. The van der Waals surface area contributed by atoms with E-state index in [9.17, 15) is 14.0 Å². The molecule has 2 aromatic carbocycles. The molecular weight excluding hydrogens is 395 g/mol. The number of thioether (sulfide) groups is 1. The van der Waals surface area contributed by atoms with Gasteiger partial charge in [-0.2, -0.15) is 5.10 Å². The van der Waals surface area contributed by atoms with Gasteiger partial charge in [-0.3, -0.25) is 9.59 Å². The number of para-hydroxylation sites is 1. The predicted octanol–water partition coefficient (Wildman–Crippen LogP) is 2.94. The Morgan fingerprint density at radius 1 is 1.21 bits per heavy atom. The van der Waals surface area contributed by atoms with E-state index >= 15 is 0 Å². The van der Waals surface area contributed by atoms with Crippen molar-refractivity contribution in [3.05, 3.63) is 59.9 Å². The van der Waals surface area contributed by atoms with E-state index in [1.54, 1.807) is 43.3 Å². The molecule has 0 spiro atoms. The molecule has 9 heteroatoms. The number of imide groups is 1. The van der Waals surface area contributed by atoms with Gasteiger partial charge in [0.2, 0.25) is 11.8 Å². The topological polar surface area (TPSA) is 97.3 Å². The molecule has 1 heterocycles. The quantitative estimate of drug-likeness (QED) is 0.351. The van der Waals surface area contributed by atoms with Crippen molar-refractivity contribution >= 4 is 40.1 Å². The fourth-order valence-electron chi connectivity index (χ4n) is 2.79. The first-order valence-electron chi connectivity index (χ1n) is 8.71. The molecule has 2 N–H and O–H groups in total. The molecule has 1 fully saturated rings. The Kier molecular flexibility index (Phi) is 6.28. The van der Waals surface area contributed by atoms with E-state index < -0.39 is 11.1 Å². The Morgan fingerprint density at radius 2 is 1.93 bits per heavy atom. The Morgan fingerprint density at radius 3 is 2.59 bits per heavy atom. The van der Waals surface area contributed by atoms with E-state index in [4.69, 9.17) is 10.5 Å². The molecule has 0 saturated carbocycles. The molecule has 1 atom stereocenters. The summed E-state index contributed by atoms with van der Waals surface area (Å²) in [5.74, 6) is -1.02. The number of nitrogens with zero attached hydrogens (tertiary/aromatic N) is 3. The number of hydrogen-bond acceptors (Lipinski definition) is 6. The molecule has 2 aromatic rings. The van der Waals surface area contributed by atoms with Crippen LogP contribution in [0.1, 0.15) is 18.9 Å². The van der Waals surface area contributed by atoms with Crippen molar-refractivity contribution in [1.29, 1.82) is 0 Å². The van der Waals surface area contributed by atoms with Crippen molar-refractivity contribution < 1.29 is 18.7 Å². The number of amides is 2. The Balaban J connectivity index is 1.69. The summed E-state index contributed by atoms with van der Waals surface area (Å²) in [6, 6.07) is 13.1. The molecule has 150 valence electrons. The summed E-state index contributed by atoms with van der Waals surface area (Å²) in [5, 5.41) is 7.27. The van der Waals surface area contributed by atoms with E-state index in [2.05, 4.69) is 10.2 Å². The van der Waals surface area contributed by atoms with Crippen LogP contribution in [0.5, 0.6) is 5.75 Å². The van der Waals surface area contributed by atoms with Gasteiger partial charge in [0, 0.05) is 12.0 Å². The largest absolute Gasteiger partial charge is 0.494 e. The van der Waals surface area contributed by atoms with Crippen LogP contribution in [-0.2, 0) is 9.59 Å². The first kappa shape index (κ1) is 20.5. The predicted molar refractivity (Wildman–Crippen MR) is 112 cm³/mol. The molecule has 1 aliphatic heterocycles. The van der Waals surface area contributed by atoms with Crippen molar-refractivity contribution in [3.8, 4) is 5.75 Å². The van der Waals surface area contributed by atoms with Gasteiger partial charge >= 0.3 is 0 Å². The van der Waals surface area contributed by atoms with Crippen LogP contribution in [0.4, 0.5) is 10.1 Å². The van der Waals surface area contributed by atoms with E-state index in [-0.39, 0.29) is 29.2 Å². The highest BCUT2D eigenvalue weighted by atomic mass is 32.2. The maximum atomic E-state index is 13.8. The molecule has 0 aromatic heterocycles. The van der Waals surface area contributed by atoms with Gasteiger partial charge in [0.25, 0.3) is 0 Å². The summed E-state index contributed by atoms with van der Waals surface area (Å²) >= 11 is 0.978. The zero-order valence-corrected chi connectivity index (χ0v) is 16.6. The first-order chi connectivity index (χ1) is 13.9. The second-order valence-electron chi connectivity index (χ2n) is 6.19. The first-order valence-corrected chi connectivity index (χ1v) is 9.58. The van der Waals surface area contributed by atoms with Crippen molar-refractivity contribution in [3.63, 3.8) is 0 Å². The van der Waals surface area contributed by atoms with Crippen LogP contribution in [0.3, 0.4) is 0 Å². The number of ether oxygens (including phenoxy) is 1. The van der Waals surface area contributed by atoms with E-state index in [0.717, 1.165) is 16.7 Å². The third-order valence-corrected chi connectivity index (χ3v) is 5.23. The van der Waals surface area contributed by atoms with Gasteiger partial charge in [-0.05, 0) is 37.3 Å². The van der Waals surface area contributed by atoms with Crippen LogP contribution >= 0.6 is 11.8 Å². The minimum absolute atomic E-state index is 0.0288. The normalized spacial score (nSPS) is 17.8. The number of rotatable bonds is 5. The summed E-state index contributed by atoms with van der Waals surface area (Å²) in [7, 11) is 1.38. The number of methoxy groups -OCH3 is 1. The van der Waals surface area contributed by atoms with Crippen LogP contribution in [-0.4, -0.2) is 35.1 Å². The Hall–Kier alpha value is -3.20. The minimum Gasteiger partial charge on any atom is -0.494 e. The van der Waals surface area contributed by atoms with E-state index in [1.807, 2.05) is 0 Å². The Labute approximate surface area is 171 Å². The number of anilines is 1. The van der Waals surface area contributed by atoms with Gasteiger partial charge in [-0.15, -0.1) is 5.10 Å². The highest BCUT2D eigenvalue weighted by Crippen LogP contribution is 2.29. The molecular formula is C20H19FN4O3S. The van der Waals surface area contributed by atoms with Gasteiger partial charge in [0.15, 0.2) is 16.7 Å². The second kappa shape index (κ2) is 8.87. The van der Waals surface area contributed by atoms with Crippen molar-refractivity contribution in [1.82, 2.24) is 0 Å². The lowest BCUT2D eigenvalue weighted by molar-refractivity contribution is -0.121. The smallest absolute Gasteiger partial charge is 0.247 e. The monoisotopic (exact) mass is 414 g/mol. The molecule has 29 heavy (non-hydrogen) atoms. The molecule has 0 radical (unpaired) electrons. The Bertz CT molecular complexity index is 994. The summed E-state index contributed by atoms with van der Waals surface area (Å²) in [6.45, 7) is 1.66. The van der Waals surface area contributed by atoms with E-state index in [1.165, 1.54) is 19.2 Å². The molecule has 0 bridgehead atoms. The summed E-state index contributed by atoms with van der Waals surface area (Å²) in [4.78, 5) is 26.0. The van der Waals surface area contributed by atoms with Crippen molar-refractivity contribution in [2.24, 2.45) is 15.9 Å². The molecule has 1 aliphatic rings. The number of amidine groups is 1. The maximum Gasteiger partial charge on any atom is 0.247 e. The molecule has 0 unspecified atom stereocenters. The molecule has 2 amide bonds. The molecule has 1 saturated heterocycles. The van der Waals surface area contributed by atoms with Crippen LogP contribution in [0.2, 0.25) is 0 Å². The lowest BCUT2D eigenvalue weighted by Crippen LogP contribution is -2.31. The average molecular weight is 414 g/mol. The van der Waals surface area contributed by atoms with Crippen molar-refractivity contribution in [2.75, 3.05) is 12.0 Å². The number of benzene rings is 2. The van der Waals surface area contributed by atoms with Crippen LogP contribution < -0.4 is 15.4 Å². The minimum atomic E-state index is -0.666. The molecule has 0 aliphatic carbocycles. The summed E-state index contributed by atoms with van der Waals surface area (Å²) < 4.78 is 18.7. The van der Waals surface area contributed by atoms with E-state index in [0.29, 0.717) is 17.0 Å². The van der Waals surface area contributed by atoms with Gasteiger partial charge in [-0.1, -0.05) is 30.0 Å². The highest BCUT2D eigenvalue weighted by Gasteiger charge is 2.40. The van der Waals surface area contributed by atoms with Gasteiger partial charge in [-0.25, -0.2) is 9.29 Å². The number of hydrogen-bond donors (Lipinski definition) is 1. The number of carbonyl (C=O) groups excluding carboxylic acids is 2. The number of nitrogens with two attached hydrogens (primary N) is 1. The van der Waals surface area contributed by atoms with Crippen LogP contribution in [0.25, 0.3) is 0 Å². The van der Waals surface area contributed by atoms with Gasteiger partial charge in [0.1, 0.15) is 5.25 Å². The fourth-order valence-corrected chi connectivity index (χ4v) is 3.60. The second-order valence-corrected chi connectivity index (χ2v) is 7.41. The van der Waals surface area contributed by atoms with Gasteiger partial charge < -0.3 is 10.5 Å². The van der Waals surface area contributed by atoms with Gasteiger partial charge in [0.05, 0.1) is 18.5 Å². The SMILES string of the molecule is COc1ccc(/C(C)=N\N=C(N)S[C@H]2CC(=O)N(c3ccccc3)C2=O)cc1F. The highest BCUT2D eigenvalue weighted by molar-refractivity contribution is 8.14. The lowest BCUT2D eigenvalue weighted by Gasteiger charge is -2.14. The van der Waals surface area contributed by atoms with Crippen LogP contribution in [0, 0.1) is 5.82 Å². The fraction of sp³-hybridized carbons (Fsp3) is 0.200. The zero-order chi connectivity index (χ0) is 21.0. The maximum absolute atomic E-state index is 13.8. The molecule has 7 nitrogen and oxygen atoms in total. The molecule has 3 rings (SSSR count). The summed E-state index contributed by atoms with van der Waals surface area (Å²) in [5.41, 5.74) is 7.36. The van der Waals surface area contributed by atoms with Crippen LogP contribution in [0.15, 0.2) is 58.7 Å².